The van der Waals surface area contributed by atoms with Gasteiger partial charge in [-0.25, -0.2) is 0 Å². The second-order valence-corrected chi connectivity index (χ2v) is 4.91. The van der Waals surface area contributed by atoms with Gasteiger partial charge in [0.05, 0.1) is 0 Å². The van der Waals surface area contributed by atoms with E-state index in [0.29, 0.717) is 0 Å². The van der Waals surface area contributed by atoms with E-state index in [2.05, 4.69) is 0 Å². The molecule has 1 fully saturated rings. The Balaban J connectivity index is 2.29. The second kappa shape index (κ2) is 8.43. The van der Waals surface area contributed by atoms with Crippen LogP contribution < -0.4 is 5.73 Å². The maximum Gasteiger partial charge on any atom is 0.188 e. The molecule has 1 heterocycles. The van der Waals surface area contributed by atoms with Gasteiger partial charge in [0, 0.05) is 13.1 Å². The molecular weight excluding hydrogens is 198 g/mol. The van der Waals surface area contributed by atoms with Crippen molar-refractivity contribution in [1.29, 1.82) is 5.41 Å². The summed E-state index contributed by atoms with van der Waals surface area (Å²) in [4.78, 5) is 2.04. The number of nitrogens with one attached hydrogen (secondary N) is 1. The van der Waals surface area contributed by atoms with E-state index >= 15 is 0 Å². The summed E-state index contributed by atoms with van der Waals surface area (Å²) >= 11 is 0. The lowest BCUT2D eigenvalue weighted by atomic mass is 10.1. The van der Waals surface area contributed by atoms with Crippen molar-refractivity contribution in [2.45, 2.75) is 64.2 Å². The first-order valence-corrected chi connectivity index (χ1v) is 6.89. The Morgan fingerprint density at radius 3 is 1.31 bits per heavy atom. The Kier molecular flexibility index (Phi) is 7.02. The largest absolute Gasteiger partial charge is 0.370 e. The molecule has 0 saturated carbocycles. The standard InChI is InChI=1S/C13H27N3/c14-13(15)16-11-9-7-5-3-1-2-4-6-8-10-12-16/h1-12H2,(H3,14,15). The molecule has 0 unspecified atom stereocenters. The maximum atomic E-state index is 7.53. The van der Waals surface area contributed by atoms with E-state index in [0.717, 1.165) is 13.1 Å². The van der Waals surface area contributed by atoms with E-state index in [1.54, 1.807) is 0 Å². The predicted molar refractivity (Wildman–Crippen MR) is 69.7 cm³/mol. The van der Waals surface area contributed by atoms with Gasteiger partial charge in [-0.15, -0.1) is 0 Å². The summed E-state index contributed by atoms with van der Waals surface area (Å²) in [6.45, 7) is 1.96. The van der Waals surface area contributed by atoms with Crippen LogP contribution in [0.5, 0.6) is 0 Å². The fourth-order valence-corrected chi connectivity index (χ4v) is 2.37. The fraction of sp³-hybridized carbons (Fsp3) is 0.923. The van der Waals surface area contributed by atoms with Gasteiger partial charge >= 0.3 is 0 Å². The lowest BCUT2D eigenvalue weighted by molar-refractivity contribution is 0.382. The SMILES string of the molecule is N=C(N)N1CCCCCCCCCCCC1. The molecule has 0 aliphatic carbocycles. The van der Waals surface area contributed by atoms with Crippen LogP contribution >= 0.6 is 0 Å². The van der Waals surface area contributed by atoms with Crippen molar-refractivity contribution < 1.29 is 0 Å². The monoisotopic (exact) mass is 225 g/mol. The zero-order chi connectivity index (χ0) is 11.6. The summed E-state index contributed by atoms with van der Waals surface area (Å²) in [5.74, 6) is 0.259. The Bertz CT molecular complexity index is 178. The molecule has 1 aliphatic rings. The third kappa shape index (κ3) is 5.99. The van der Waals surface area contributed by atoms with Gasteiger partial charge in [0.2, 0.25) is 0 Å². The van der Waals surface area contributed by atoms with Gasteiger partial charge in [0.1, 0.15) is 0 Å². The summed E-state index contributed by atoms with van der Waals surface area (Å²) in [6.07, 6.45) is 13.3. The van der Waals surface area contributed by atoms with Crippen molar-refractivity contribution in [3.05, 3.63) is 0 Å². The molecule has 3 heteroatoms. The molecule has 0 amide bonds. The average Bonchev–Trinajstić information content (AvgIpc) is 2.28. The number of nitrogens with two attached hydrogens (primary N) is 1. The van der Waals surface area contributed by atoms with Gasteiger partial charge in [-0.1, -0.05) is 51.4 Å². The van der Waals surface area contributed by atoms with Gasteiger partial charge in [-0.2, -0.15) is 0 Å². The summed E-state index contributed by atoms with van der Waals surface area (Å²) in [7, 11) is 0. The van der Waals surface area contributed by atoms with E-state index in [1.165, 1.54) is 64.2 Å². The zero-order valence-electron chi connectivity index (χ0n) is 10.5. The van der Waals surface area contributed by atoms with Crippen LogP contribution in [-0.2, 0) is 0 Å². The molecule has 0 radical (unpaired) electrons. The summed E-state index contributed by atoms with van der Waals surface area (Å²) < 4.78 is 0. The van der Waals surface area contributed by atoms with Gasteiger partial charge in [0.15, 0.2) is 5.96 Å². The van der Waals surface area contributed by atoms with Crippen LogP contribution in [-0.4, -0.2) is 23.9 Å². The van der Waals surface area contributed by atoms with Crippen LogP contribution in [0.1, 0.15) is 64.2 Å². The minimum Gasteiger partial charge on any atom is -0.370 e. The van der Waals surface area contributed by atoms with Crippen molar-refractivity contribution in [2.75, 3.05) is 13.1 Å². The zero-order valence-corrected chi connectivity index (χ0v) is 10.5. The molecule has 3 nitrogen and oxygen atoms in total. The molecule has 1 saturated heterocycles. The molecular formula is C13H27N3. The number of rotatable bonds is 0. The highest BCUT2D eigenvalue weighted by atomic mass is 15.2. The quantitative estimate of drug-likeness (QED) is 0.491. The van der Waals surface area contributed by atoms with Crippen LogP contribution in [0, 0.1) is 5.41 Å². The van der Waals surface area contributed by atoms with Crippen molar-refractivity contribution >= 4 is 5.96 Å². The van der Waals surface area contributed by atoms with Crippen molar-refractivity contribution in [3.8, 4) is 0 Å². The topological polar surface area (TPSA) is 53.1 Å². The van der Waals surface area contributed by atoms with E-state index in [9.17, 15) is 0 Å². The van der Waals surface area contributed by atoms with E-state index < -0.39 is 0 Å². The average molecular weight is 225 g/mol. The summed E-state index contributed by atoms with van der Waals surface area (Å²) in [5, 5.41) is 7.53. The summed E-state index contributed by atoms with van der Waals surface area (Å²) in [6, 6.07) is 0. The Labute approximate surface area is 99.9 Å². The van der Waals surface area contributed by atoms with Crippen LogP contribution in [0.4, 0.5) is 0 Å². The fourth-order valence-electron chi connectivity index (χ4n) is 2.37. The third-order valence-electron chi connectivity index (χ3n) is 3.45. The lowest BCUT2D eigenvalue weighted by Gasteiger charge is -2.22. The smallest absolute Gasteiger partial charge is 0.188 e. The molecule has 94 valence electrons. The molecule has 0 atom stereocenters. The third-order valence-corrected chi connectivity index (χ3v) is 3.45. The minimum absolute atomic E-state index is 0.259. The predicted octanol–water partition coefficient (Wildman–Crippen LogP) is 3.10. The van der Waals surface area contributed by atoms with Crippen LogP contribution in [0.2, 0.25) is 0 Å². The lowest BCUT2D eigenvalue weighted by Crippen LogP contribution is -2.37. The summed E-state index contributed by atoms with van der Waals surface area (Å²) in [5.41, 5.74) is 5.59. The van der Waals surface area contributed by atoms with Crippen molar-refractivity contribution in [3.63, 3.8) is 0 Å². The Morgan fingerprint density at radius 1 is 0.688 bits per heavy atom. The Morgan fingerprint density at radius 2 is 1.00 bits per heavy atom. The van der Waals surface area contributed by atoms with Crippen LogP contribution in [0.15, 0.2) is 0 Å². The van der Waals surface area contributed by atoms with Crippen LogP contribution in [0.3, 0.4) is 0 Å². The van der Waals surface area contributed by atoms with E-state index in [1.807, 2.05) is 4.90 Å². The maximum absolute atomic E-state index is 7.53. The normalized spacial score (nSPS) is 21.6. The molecule has 16 heavy (non-hydrogen) atoms. The Hall–Kier alpha value is -0.730. The number of hydrogen-bond donors (Lipinski definition) is 2. The number of guanidine groups is 1. The molecule has 0 aromatic carbocycles. The molecule has 0 bridgehead atoms. The first-order chi connectivity index (χ1) is 7.80. The molecule has 0 aromatic heterocycles. The second-order valence-electron chi connectivity index (χ2n) is 4.91. The van der Waals surface area contributed by atoms with Gasteiger partial charge in [0.25, 0.3) is 0 Å². The first kappa shape index (κ1) is 13.3. The highest BCUT2D eigenvalue weighted by molar-refractivity contribution is 5.74. The first-order valence-electron chi connectivity index (χ1n) is 6.89. The highest BCUT2D eigenvalue weighted by Gasteiger charge is 2.06. The van der Waals surface area contributed by atoms with E-state index in [4.69, 9.17) is 11.1 Å². The molecule has 0 aromatic rings. The van der Waals surface area contributed by atoms with Gasteiger partial charge < -0.3 is 10.6 Å². The molecule has 0 spiro atoms. The number of hydrogen-bond acceptors (Lipinski definition) is 1. The van der Waals surface area contributed by atoms with Crippen LogP contribution in [0.25, 0.3) is 0 Å². The van der Waals surface area contributed by atoms with Gasteiger partial charge in [-0.3, -0.25) is 5.41 Å². The highest BCUT2D eigenvalue weighted by Crippen LogP contribution is 2.12. The minimum atomic E-state index is 0.259. The van der Waals surface area contributed by atoms with Gasteiger partial charge in [-0.05, 0) is 12.8 Å². The molecule has 1 aliphatic heterocycles. The van der Waals surface area contributed by atoms with Crippen molar-refractivity contribution in [1.82, 2.24) is 4.90 Å². The number of nitrogens with zero attached hydrogens (tertiary/aromatic N) is 1. The van der Waals surface area contributed by atoms with Crippen molar-refractivity contribution in [2.24, 2.45) is 5.73 Å². The molecule has 3 N–H and O–H groups in total. The van der Waals surface area contributed by atoms with E-state index in [-0.39, 0.29) is 5.96 Å². The molecule has 1 rings (SSSR count).